The van der Waals surface area contributed by atoms with Gasteiger partial charge in [-0.05, 0) is 37.3 Å². The fourth-order valence-corrected chi connectivity index (χ4v) is 1.84. The molecular formula is C10H13NO2. The molecule has 0 aliphatic heterocycles. The van der Waals surface area contributed by atoms with Gasteiger partial charge in [-0.2, -0.15) is 0 Å². The van der Waals surface area contributed by atoms with Crippen LogP contribution in [0.1, 0.15) is 35.0 Å². The van der Waals surface area contributed by atoms with E-state index in [1.54, 1.807) is 0 Å². The van der Waals surface area contributed by atoms with Gasteiger partial charge < -0.3 is 9.72 Å². The standard InChI is InChI=1S/C10H13NO2/c1-2-13-10(12)9-8-5-3-4-7(8)6-11-9/h6,11H,2-5H2,1H3. The number of ether oxygens (including phenoxy) is 1. The number of carbonyl (C=O) groups excluding carboxylic acids is 1. The van der Waals surface area contributed by atoms with Crippen LogP contribution >= 0.6 is 0 Å². The smallest absolute Gasteiger partial charge is 0.355 e. The highest BCUT2D eigenvalue weighted by molar-refractivity contribution is 5.89. The molecule has 0 unspecified atom stereocenters. The van der Waals surface area contributed by atoms with Crippen LogP contribution in [0, 0.1) is 0 Å². The van der Waals surface area contributed by atoms with Gasteiger partial charge in [-0.3, -0.25) is 0 Å². The molecule has 0 radical (unpaired) electrons. The van der Waals surface area contributed by atoms with Crippen molar-refractivity contribution in [2.75, 3.05) is 6.61 Å². The SMILES string of the molecule is CCOC(=O)c1[nH]cc2c1CCC2. The number of hydrogen-bond donors (Lipinski definition) is 1. The van der Waals surface area contributed by atoms with Crippen LogP contribution in [0.25, 0.3) is 0 Å². The molecule has 0 spiro atoms. The predicted molar refractivity (Wildman–Crippen MR) is 48.8 cm³/mol. The summed E-state index contributed by atoms with van der Waals surface area (Å²) < 4.78 is 4.94. The van der Waals surface area contributed by atoms with Crippen molar-refractivity contribution in [3.05, 3.63) is 23.0 Å². The number of fused-ring (bicyclic) bond motifs is 1. The van der Waals surface area contributed by atoms with E-state index in [0.717, 1.165) is 19.3 Å². The second-order valence-corrected chi connectivity index (χ2v) is 3.24. The molecule has 3 nitrogen and oxygen atoms in total. The Balaban J connectivity index is 2.26. The van der Waals surface area contributed by atoms with Crippen molar-refractivity contribution in [1.29, 1.82) is 0 Å². The van der Waals surface area contributed by atoms with Gasteiger partial charge in [0.15, 0.2) is 0 Å². The molecule has 1 aromatic rings. The lowest BCUT2D eigenvalue weighted by Crippen LogP contribution is -2.07. The molecule has 0 amide bonds. The second kappa shape index (κ2) is 3.24. The first-order valence-electron chi connectivity index (χ1n) is 4.69. The molecule has 0 saturated carbocycles. The molecule has 0 atom stereocenters. The lowest BCUT2D eigenvalue weighted by molar-refractivity contribution is 0.0519. The summed E-state index contributed by atoms with van der Waals surface area (Å²) in [5, 5.41) is 0. The molecular weight excluding hydrogens is 166 g/mol. The van der Waals surface area contributed by atoms with Crippen LogP contribution in [0.15, 0.2) is 6.20 Å². The number of H-pyrrole nitrogens is 1. The van der Waals surface area contributed by atoms with Crippen LogP contribution in [-0.4, -0.2) is 17.6 Å². The molecule has 2 rings (SSSR count). The summed E-state index contributed by atoms with van der Waals surface area (Å²) in [5.74, 6) is -0.217. The van der Waals surface area contributed by atoms with Crippen LogP contribution in [0.2, 0.25) is 0 Å². The van der Waals surface area contributed by atoms with Crippen molar-refractivity contribution in [2.45, 2.75) is 26.2 Å². The minimum atomic E-state index is -0.217. The molecule has 1 aliphatic rings. The van der Waals surface area contributed by atoms with Crippen molar-refractivity contribution in [3.8, 4) is 0 Å². The quantitative estimate of drug-likeness (QED) is 0.702. The zero-order valence-electron chi connectivity index (χ0n) is 7.72. The first kappa shape index (κ1) is 8.35. The van der Waals surface area contributed by atoms with Gasteiger partial charge in [-0.15, -0.1) is 0 Å². The Bertz CT molecular complexity index is 328. The topological polar surface area (TPSA) is 42.1 Å². The molecule has 1 aromatic heterocycles. The molecule has 0 saturated heterocycles. The molecule has 1 N–H and O–H groups in total. The van der Waals surface area contributed by atoms with Crippen molar-refractivity contribution < 1.29 is 9.53 Å². The Kier molecular flexibility index (Phi) is 2.08. The minimum absolute atomic E-state index is 0.217. The molecule has 70 valence electrons. The maximum Gasteiger partial charge on any atom is 0.355 e. The highest BCUT2D eigenvalue weighted by Gasteiger charge is 2.21. The van der Waals surface area contributed by atoms with Gasteiger partial charge in [0.05, 0.1) is 6.61 Å². The monoisotopic (exact) mass is 179 g/mol. The number of rotatable bonds is 2. The van der Waals surface area contributed by atoms with Crippen molar-refractivity contribution in [2.24, 2.45) is 0 Å². The summed E-state index contributed by atoms with van der Waals surface area (Å²) in [6.07, 6.45) is 5.18. The third-order valence-electron chi connectivity index (χ3n) is 2.43. The van der Waals surface area contributed by atoms with E-state index in [4.69, 9.17) is 4.74 Å². The minimum Gasteiger partial charge on any atom is -0.461 e. The average Bonchev–Trinajstić information content (AvgIpc) is 2.62. The molecule has 1 aliphatic carbocycles. The van der Waals surface area contributed by atoms with Crippen molar-refractivity contribution in [3.63, 3.8) is 0 Å². The number of aromatic amines is 1. The van der Waals surface area contributed by atoms with E-state index in [9.17, 15) is 4.79 Å². The number of nitrogens with one attached hydrogen (secondary N) is 1. The van der Waals surface area contributed by atoms with E-state index in [0.29, 0.717) is 12.3 Å². The van der Waals surface area contributed by atoms with Gasteiger partial charge in [-0.1, -0.05) is 0 Å². The lowest BCUT2D eigenvalue weighted by Gasteiger charge is -2.00. The molecule has 1 heterocycles. The number of hydrogen-bond acceptors (Lipinski definition) is 2. The molecule has 0 aromatic carbocycles. The van der Waals surface area contributed by atoms with Gasteiger partial charge in [0.1, 0.15) is 5.69 Å². The summed E-state index contributed by atoms with van der Waals surface area (Å²) in [5.41, 5.74) is 3.11. The Morgan fingerprint density at radius 3 is 3.23 bits per heavy atom. The van der Waals surface area contributed by atoms with Gasteiger partial charge in [0.2, 0.25) is 0 Å². The van der Waals surface area contributed by atoms with Crippen LogP contribution in [0.4, 0.5) is 0 Å². The van der Waals surface area contributed by atoms with E-state index >= 15 is 0 Å². The summed E-state index contributed by atoms with van der Waals surface area (Å²) >= 11 is 0. The molecule has 13 heavy (non-hydrogen) atoms. The van der Waals surface area contributed by atoms with Crippen molar-refractivity contribution in [1.82, 2.24) is 4.98 Å². The molecule has 0 fully saturated rings. The number of aromatic nitrogens is 1. The van der Waals surface area contributed by atoms with Crippen LogP contribution in [-0.2, 0) is 17.6 Å². The molecule has 3 heteroatoms. The van der Waals surface area contributed by atoms with Gasteiger partial charge in [0.25, 0.3) is 0 Å². The second-order valence-electron chi connectivity index (χ2n) is 3.24. The highest BCUT2D eigenvalue weighted by atomic mass is 16.5. The Hall–Kier alpha value is -1.25. The number of esters is 1. The number of aryl methyl sites for hydroxylation is 1. The predicted octanol–water partition coefficient (Wildman–Crippen LogP) is 1.68. The van der Waals surface area contributed by atoms with Crippen LogP contribution < -0.4 is 0 Å². The normalized spacial score (nSPS) is 14.2. The Morgan fingerprint density at radius 2 is 2.46 bits per heavy atom. The maximum absolute atomic E-state index is 11.4. The van der Waals surface area contributed by atoms with Gasteiger partial charge in [-0.25, -0.2) is 4.79 Å². The van der Waals surface area contributed by atoms with E-state index < -0.39 is 0 Å². The Morgan fingerprint density at radius 1 is 1.62 bits per heavy atom. The summed E-state index contributed by atoms with van der Waals surface area (Å²) in [6, 6.07) is 0. The van der Waals surface area contributed by atoms with Gasteiger partial charge >= 0.3 is 5.97 Å². The van der Waals surface area contributed by atoms with Crippen LogP contribution in [0.3, 0.4) is 0 Å². The highest BCUT2D eigenvalue weighted by Crippen LogP contribution is 2.25. The largest absolute Gasteiger partial charge is 0.461 e. The van der Waals surface area contributed by atoms with Crippen LogP contribution in [0.5, 0.6) is 0 Å². The Labute approximate surface area is 77.1 Å². The first-order chi connectivity index (χ1) is 6.33. The zero-order valence-corrected chi connectivity index (χ0v) is 7.72. The fourth-order valence-electron chi connectivity index (χ4n) is 1.84. The first-order valence-corrected chi connectivity index (χ1v) is 4.69. The third kappa shape index (κ3) is 1.34. The van der Waals surface area contributed by atoms with E-state index in [1.165, 1.54) is 11.1 Å². The molecule has 0 bridgehead atoms. The maximum atomic E-state index is 11.4. The summed E-state index contributed by atoms with van der Waals surface area (Å²) in [6.45, 7) is 2.26. The van der Waals surface area contributed by atoms with E-state index in [-0.39, 0.29) is 5.97 Å². The summed E-state index contributed by atoms with van der Waals surface area (Å²) in [7, 11) is 0. The fraction of sp³-hybridized carbons (Fsp3) is 0.500. The van der Waals surface area contributed by atoms with E-state index in [2.05, 4.69) is 4.98 Å². The van der Waals surface area contributed by atoms with Gasteiger partial charge in [0, 0.05) is 6.20 Å². The summed E-state index contributed by atoms with van der Waals surface area (Å²) in [4.78, 5) is 14.4. The third-order valence-corrected chi connectivity index (χ3v) is 2.43. The lowest BCUT2D eigenvalue weighted by atomic mass is 10.2. The number of carbonyl (C=O) groups is 1. The van der Waals surface area contributed by atoms with E-state index in [1.807, 2.05) is 13.1 Å². The zero-order chi connectivity index (χ0) is 9.26. The van der Waals surface area contributed by atoms with Crippen molar-refractivity contribution >= 4 is 5.97 Å². The average molecular weight is 179 g/mol.